The van der Waals surface area contributed by atoms with Gasteiger partial charge in [-0.25, -0.2) is 13.2 Å². The highest BCUT2D eigenvalue weighted by Gasteiger charge is 2.26. The number of nitrogens with one attached hydrogen (secondary N) is 2. The molecule has 1 atom stereocenters. The van der Waals surface area contributed by atoms with Crippen LogP contribution in [0.1, 0.15) is 40.4 Å². The maximum atomic E-state index is 14.0. The molecule has 2 aliphatic rings. The summed E-state index contributed by atoms with van der Waals surface area (Å²) in [6.07, 6.45) is 0.869. The van der Waals surface area contributed by atoms with Crippen LogP contribution in [0, 0.1) is 17.5 Å². The maximum Gasteiger partial charge on any atom is 0.268 e. The number of aromatic nitrogens is 2. The summed E-state index contributed by atoms with van der Waals surface area (Å²) >= 11 is 0. The number of hydrogen-bond donors (Lipinski definition) is 2. The summed E-state index contributed by atoms with van der Waals surface area (Å²) in [5, 5.41) is 7.11. The van der Waals surface area contributed by atoms with Gasteiger partial charge >= 0.3 is 0 Å². The van der Waals surface area contributed by atoms with Crippen LogP contribution in [0.3, 0.4) is 0 Å². The summed E-state index contributed by atoms with van der Waals surface area (Å²) in [6.45, 7) is 3.92. The fraction of sp³-hybridized carbons (Fsp3) is 0.167. The predicted octanol–water partition coefficient (Wildman–Crippen LogP) is 7.47. The Morgan fingerprint density at radius 3 is 2.04 bits per heavy atom. The Labute approximate surface area is 257 Å². The summed E-state index contributed by atoms with van der Waals surface area (Å²) in [5.41, 5.74) is 5.77. The molecule has 0 saturated carbocycles. The number of nitrogens with zero attached hydrogens (tertiary/aromatic N) is 2. The van der Waals surface area contributed by atoms with Gasteiger partial charge in [0.05, 0.1) is 11.0 Å². The lowest BCUT2D eigenvalue weighted by Gasteiger charge is -2.25. The van der Waals surface area contributed by atoms with Gasteiger partial charge in [-0.2, -0.15) is 0 Å². The van der Waals surface area contributed by atoms with Crippen molar-refractivity contribution in [2.24, 2.45) is 0 Å². The van der Waals surface area contributed by atoms with Crippen LogP contribution in [-0.4, -0.2) is 34.0 Å². The van der Waals surface area contributed by atoms with Crippen LogP contribution >= 0.6 is 0 Å². The molecule has 2 N–H and O–H groups in total. The molecule has 2 aliphatic heterocycles. The molecule has 0 radical (unpaired) electrons. The van der Waals surface area contributed by atoms with Crippen molar-refractivity contribution in [3.63, 3.8) is 0 Å². The molecule has 6 aromatic rings. The van der Waals surface area contributed by atoms with Crippen LogP contribution in [0.15, 0.2) is 91.0 Å². The molecule has 8 rings (SSSR count). The molecule has 45 heavy (non-hydrogen) atoms. The zero-order chi connectivity index (χ0) is 31.2. The smallest absolute Gasteiger partial charge is 0.268 e. The zero-order valence-corrected chi connectivity index (χ0v) is 24.4. The van der Waals surface area contributed by atoms with E-state index in [0.717, 1.165) is 40.5 Å². The van der Waals surface area contributed by atoms with Crippen LogP contribution in [-0.2, 0) is 6.54 Å². The van der Waals surface area contributed by atoms with Crippen LogP contribution in [0.4, 0.5) is 13.2 Å². The molecule has 4 heterocycles. The van der Waals surface area contributed by atoms with Crippen molar-refractivity contribution in [3.05, 3.63) is 120 Å². The number of rotatable bonds is 2. The lowest BCUT2D eigenvalue weighted by atomic mass is 10.0. The summed E-state index contributed by atoms with van der Waals surface area (Å²) in [6, 6.07) is 25.2. The van der Waals surface area contributed by atoms with E-state index < -0.39 is 5.82 Å². The molecule has 6 nitrogen and oxygen atoms in total. The van der Waals surface area contributed by atoms with Crippen LogP contribution in [0.25, 0.3) is 44.1 Å². The molecule has 0 aliphatic carbocycles. The van der Waals surface area contributed by atoms with Crippen LogP contribution in [0.5, 0.6) is 0 Å². The van der Waals surface area contributed by atoms with E-state index in [2.05, 4.69) is 10.6 Å². The van der Waals surface area contributed by atoms with Gasteiger partial charge in [-0.15, -0.1) is 0 Å². The molecule has 0 spiro atoms. The van der Waals surface area contributed by atoms with E-state index in [1.54, 1.807) is 30.3 Å². The molecule has 1 unspecified atom stereocenters. The van der Waals surface area contributed by atoms with Gasteiger partial charge in [0.1, 0.15) is 28.8 Å². The first-order valence-electron chi connectivity index (χ1n) is 14.8. The molecule has 4 aromatic carbocycles. The third kappa shape index (κ3) is 5.14. The quantitative estimate of drug-likeness (QED) is 0.215. The number of carbonyl (C=O) groups excluding carboxylic acids is 2. The molecule has 9 heteroatoms. The maximum absolute atomic E-state index is 14.0. The van der Waals surface area contributed by atoms with E-state index in [1.165, 1.54) is 30.3 Å². The van der Waals surface area contributed by atoms with Crippen molar-refractivity contribution in [3.8, 4) is 22.3 Å². The molecule has 0 bridgehead atoms. The van der Waals surface area contributed by atoms with Crippen molar-refractivity contribution < 1.29 is 22.8 Å². The van der Waals surface area contributed by atoms with Gasteiger partial charge < -0.3 is 19.8 Å². The van der Waals surface area contributed by atoms with E-state index in [9.17, 15) is 22.8 Å². The zero-order valence-electron chi connectivity index (χ0n) is 24.4. The monoisotopic (exact) mass is 606 g/mol. The lowest BCUT2D eigenvalue weighted by molar-refractivity contribution is 0.0917. The van der Waals surface area contributed by atoms with Gasteiger partial charge in [-0.05, 0) is 73.0 Å². The molecular weight excluding hydrogens is 577 g/mol. The number of fused-ring (bicyclic) bond motifs is 6. The largest absolute Gasteiger partial charge is 0.351 e. The molecule has 0 saturated heterocycles. The van der Waals surface area contributed by atoms with Gasteiger partial charge in [0.25, 0.3) is 11.8 Å². The second-order valence-corrected chi connectivity index (χ2v) is 11.4. The minimum Gasteiger partial charge on any atom is -0.351 e. The highest BCUT2D eigenvalue weighted by Crippen LogP contribution is 2.36. The first-order valence-corrected chi connectivity index (χ1v) is 14.8. The standard InChI is InChI=1S/C18H14F2N2O.C18H15FN2O/c1-10-9-21-18(23)16-7-12-6-14(20)8-15(17(12)22(10)16)11-3-2-4-13(19)5-11;19-14-9-13-10-16-18(22)20-7-4-8-21(16)17(13)15(11-14)12-5-2-1-3-6-12/h2-8,10H,9H2,1H3,(H,21,23);1-3,5-6,9-11H,4,7-8H2,(H,20,22). The third-order valence-electron chi connectivity index (χ3n) is 8.38. The first-order chi connectivity index (χ1) is 21.8. The normalized spacial score (nSPS) is 15.9. The van der Waals surface area contributed by atoms with E-state index in [0.29, 0.717) is 41.0 Å². The Hall–Kier alpha value is -5.31. The lowest BCUT2D eigenvalue weighted by Crippen LogP contribution is -2.37. The van der Waals surface area contributed by atoms with Crippen molar-refractivity contribution >= 4 is 33.6 Å². The number of amides is 2. The van der Waals surface area contributed by atoms with Crippen molar-refractivity contribution in [1.29, 1.82) is 0 Å². The Kier molecular flexibility index (Phi) is 7.16. The predicted molar refractivity (Wildman–Crippen MR) is 169 cm³/mol. The van der Waals surface area contributed by atoms with E-state index in [1.807, 2.05) is 46.4 Å². The van der Waals surface area contributed by atoms with E-state index in [4.69, 9.17) is 0 Å². The molecule has 0 fully saturated rings. The Balaban J connectivity index is 0.000000145. The summed E-state index contributed by atoms with van der Waals surface area (Å²) in [7, 11) is 0. The highest BCUT2D eigenvalue weighted by molar-refractivity contribution is 6.04. The van der Waals surface area contributed by atoms with E-state index in [-0.39, 0.29) is 29.5 Å². The summed E-state index contributed by atoms with van der Waals surface area (Å²) in [4.78, 5) is 24.3. The van der Waals surface area contributed by atoms with Gasteiger partial charge in [-0.1, -0.05) is 42.5 Å². The van der Waals surface area contributed by atoms with Crippen molar-refractivity contribution in [1.82, 2.24) is 19.8 Å². The summed E-state index contributed by atoms with van der Waals surface area (Å²) in [5.74, 6) is -1.34. The molecule has 2 amide bonds. The minimum atomic E-state index is -0.409. The van der Waals surface area contributed by atoms with Gasteiger partial charge in [-0.3, -0.25) is 9.59 Å². The third-order valence-corrected chi connectivity index (χ3v) is 8.38. The number of halogens is 3. The fourth-order valence-electron chi connectivity index (χ4n) is 6.43. The van der Waals surface area contributed by atoms with Crippen molar-refractivity contribution in [2.45, 2.75) is 25.9 Å². The van der Waals surface area contributed by atoms with Gasteiger partial charge in [0.2, 0.25) is 0 Å². The average Bonchev–Trinajstić information content (AvgIpc) is 3.55. The minimum absolute atomic E-state index is 0.0398. The van der Waals surface area contributed by atoms with Crippen LogP contribution in [0.2, 0.25) is 0 Å². The van der Waals surface area contributed by atoms with Gasteiger partial charge in [0, 0.05) is 47.6 Å². The Bertz CT molecular complexity index is 2120. The SMILES string of the molecule is CC1CNC(=O)c2cc3cc(F)cc(-c4cccc(F)c4)c3n21.O=C1NCCCn2c1cc1cc(F)cc(-c3ccccc3)c12. The highest BCUT2D eigenvalue weighted by atomic mass is 19.1. The Morgan fingerprint density at radius 1 is 0.667 bits per heavy atom. The molecule has 226 valence electrons. The first kappa shape index (κ1) is 28.5. The fourth-order valence-corrected chi connectivity index (χ4v) is 6.43. The number of hydrogen-bond acceptors (Lipinski definition) is 2. The second-order valence-electron chi connectivity index (χ2n) is 11.4. The topological polar surface area (TPSA) is 68.1 Å². The number of aryl methyl sites for hydroxylation is 1. The molecule has 2 aromatic heterocycles. The average molecular weight is 607 g/mol. The second kappa shape index (κ2) is 11.3. The van der Waals surface area contributed by atoms with Gasteiger partial charge in [0.15, 0.2) is 0 Å². The van der Waals surface area contributed by atoms with Crippen LogP contribution < -0.4 is 10.6 Å². The molecular formula is C36H29F3N4O2. The van der Waals surface area contributed by atoms with E-state index >= 15 is 0 Å². The number of benzene rings is 4. The summed E-state index contributed by atoms with van der Waals surface area (Å²) < 4.78 is 45.6. The Morgan fingerprint density at radius 2 is 1.31 bits per heavy atom. The number of carbonyl (C=O) groups is 2. The van der Waals surface area contributed by atoms with Crippen molar-refractivity contribution in [2.75, 3.05) is 13.1 Å².